The number of para-hydroxylation sites is 1. The monoisotopic (exact) mass is 300 g/mol. The quantitative estimate of drug-likeness (QED) is 0.481. The molecule has 0 atom stereocenters. The highest BCUT2D eigenvalue weighted by atomic mass is 16.3. The van der Waals surface area contributed by atoms with Gasteiger partial charge in [-0.05, 0) is 30.7 Å². The molecule has 2 aromatic carbocycles. The highest BCUT2D eigenvalue weighted by molar-refractivity contribution is 5.83. The van der Waals surface area contributed by atoms with Gasteiger partial charge in [0.2, 0.25) is 5.69 Å². The average molecular weight is 300 g/mol. The number of aromatic nitrogens is 1. The van der Waals surface area contributed by atoms with Crippen LogP contribution in [0.25, 0.3) is 33.6 Å². The topological polar surface area (TPSA) is 17.0 Å². The SMILES string of the molecule is Cc1ccccc1-c1cc(-c2cc3ccccc3o2)cc[n+]1C. The third-order valence-corrected chi connectivity index (χ3v) is 4.28. The lowest BCUT2D eigenvalue weighted by Crippen LogP contribution is -2.30. The normalized spacial score (nSPS) is 11.0. The third kappa shape index (κ3) is 2.42. The van der Waals surface area contributed by atoms with Crippen molar-refractivity contribution in [1.29, 1.82) is 0 Å². The van der Waals surface area contributed by atoms with Crippen LogP contribution in [-0.2, 0) is 7.05 Å². The van der Waals surface area contributed by atoms with Crippen LogP contribution in [0, 0.1) is 6.92 Å². The second-order valence-corrected chi connectivity index (χ2v) is 5.87. The minimum absolute atomic E-state index is 0.904. The van der Waals surface area contributed by atoms with Crippen LogP contribution < -0.4 is 4.57 Å². The summed E-state index contributed by atoms with van der Waals surface area (Å²) in [5, 5.41) is 1.13. The van der Waals surface area contributed by atoms with Crippen LogP contribution in [0.15, 0.2) is 77.3 Å². The van der Waals surface area contributed by atoms with Crippen molar-refractivity contribution in [2.75, 3.05) is 0 Å². The standard InChI is InChI=1S/C21H18NO/c1-15-7-3-5-9-18(15)19-13-17(11-12-22(19)2)21-14-16-8-4-6-10-20(16)23-21/h3-14H,1-2H3/q+1. The summed E-state index contributed by atoms with van der Waals surface area (Å²) in [6, 6.07) is 23.0. The number of aryl methyl sites for hydroxylation is 2. The Labute approximate surface area is 135 Å². The van der Waals surface area contributed by atoms with Crippen LogP contribution in [0.2, 0.25) is 0 Å². The Bertz CT molecular complexity index is 965. The fourth-order valence-corrected chi connectivity index (χ4v) is 2.98. The van der Waals surface area contributed by atoms with Gasteiger partial charge in [-0.15, -0.1) is 0 Å². The fraction of sp³-hybridized carbons (Fsp3) is 0.0952. The van der Waals surface area contributed by atoms with E-state index in [9.17, 15) is 0 Å². The van der Waals surface area contributed by atoms with Crippen molar-refractivity contribution >= 4 is 11.0 Å². The zero-order chi connectivity index (χ0) is 15.8. The summed E-state index contributed by atoms with van der Waals surface area (Å²) in [5.74, 6) is 0.904. The molecular weight excluding hydrogens is 282 g/mol. The molecule has 23 heavy (non-hydrogen) atoms. The van der Waals surface area contributed by atoms with Crippen LogP contribution in [0.3, 0.4) is 0 Å². The zero-order valence-electron chi connectivity index (χ0n) is 13.3. The van der Waals surface area contributed by atoms with E-state index in [0.717, 1.165) is 22.3 Å². The molecule has 0 spiro atoms. The molecular formula is C21H18NO+. The molecule has 0 amide bonds. The summed E-state index contributed by atoms with van der Waals surface area (Å²) in [5.41, 5.74) is 5.71. The number of furan rings is 1. The summed E-state index contributed by atoms with van der Waals surface area (Å²) in [4.78, 5) is 0. The molecule has 0 saturated carbocycles. The first-order valence-corrected chi connectivity index (χ1v) is 7.77. The lowest BCUT2D eigenvalue weighted by molar-refractivity contribution is -0.660. The number of fused-ring (bicyclic) bond motifs is 1. The summed E-state index contributed by atoms with van der Waals surface area (Å²) in [6.45, 7) is 2.14. The Hall–Kier alpha value is -2.87. The number of nitrogens with zero attached hydrogens (tertiary/aromatic N) is 1. The largest absolute Gasteiger partial charge is 0.456 e. The predicted molar refractivity (Wildman–Crippen MR) is 93.0 cm³/mol. The summed E-state index contributed by atoms with van der Waals surface area (Å²) < 4.78 is 8.15. The summed E-state index contributed by atoms with van der Waals surface area (Å²) in [7, 11) is 2.07. The van der Waals surface area contributed by atoms with Crippen molar-refractivity contribution in [3.63, 3.8) is 0 Å². The molecule has 0 aliphatic rings. The third-order valence-electron chi connectivity index (χ3n) is 4.28. The van der Waals surface area contributed by atoms with Crippen LogP contribution in [-0.4, -0.2) is 0 Å². The van der Waals surface area contributed by atoms with E-state index < -0.39 is 0 Å². The van der Waals surface area contributed by atoms with Gasteiger partial charge in [0.1, 0.15) is 18.4 Å². The van der Waals surface area contributed by atoms with Crippen molar-refractivity contribution in [3.05, 3.63) is 78.5 Å². The molecule has 0 N–H and O–H groups in total. The molecule has 4 rings (SSSR count). The van der Waals surface area contributed by atoms with Gasteiger partial charge >= 0.3 is 0 Å². The van der Waals surface area contributed by atoms with E-state index in [-0.39, 0.29) is 0 Å². The first-order valence-electron chi connectivity index (χ1n) is 7.77. The lowest BCUT2D eigenvalue weighted by Gasteiger charge is -2.05. The maximum Gasteiger partial charge on any atom is 0.213 e. The van der Waals surface area contributed by atoms with Gasteiger partial charge < -0.3 is 4.42 Å². The first-order chi connectivity index (χ1) is 11.2. The van der Waals surface area contributed by atoms with Crippen molar-refractivity contribution in [2.45, 2.75) is 6.92 Å². The van der Waals surface area contributed by atoms with E-state index in [1.54, 1.807) is 0 Å². The summed E-state index contributed by atoms with van der Waals surface area (Å²) in [6.07, 6.45) is 2.09. The van der Waals surface area contributed by atoms with Crippen molar-refractivity contribution in [3.8, 4) is 22.6 Å². The van der Waals surface area contributed by atoms with Crippen LogP contribution in [0.1, 0.15) is 5.56 Å². The van der Waals surface area contributed by atoms with Crippen molar-refractivity contribution in [1.82, 2.24) is 0 Å². The Morgan fingerprint density at radius 2 is 1.65 bits per heavy atom. The first kappa shape index (κ1) is 13.8. The Balaban J connectivity index is 1.88. The predicted octanol–water partition coefficient (Wildman–Crippen LogP) is 4.90. The Morgan fingerprint density at radius 1 is 0.870 bits per heavy atom. The van der Waals surface area contributed by atoms with Crippen LogP contribution in [0.4, 0.5) is 0 Å². The van der Waals surface area contributed by atoms with Gasteiger partial charge in [-0.2, -0.15) is 0 Å². The van der Waals surface area contributed by atoms with Crippen molar-refractivity contribution < 1.29 is 8.98 Å². The van der Waals surface area contributed by atoms with Crippen molar-refractivity contribution in [2.24, 2.45) is 7.05 Å². The minimum Gasteiger partial charge on any atom is -0.456 e. The molecule has 0 fully saturated rings. The molecule has 4 aromatic rings. The number of benzene rings is 2. The van der Waals surface area contributed by atoms with Crippen LogP contribution in [0.5, 0.6) is 0 Å². The smallest absolute Gasteiger partial charge is 0.213 e. The molecule has 0 bridgehead atoms. The summed E-state index contributed by atoms with van der Waals surface area (Å²) >= 11 is 0. The maximum absolute atomic E-state index is 6.01. The van der Waals surface area contributed by atoms with E-state index in [1.807, 2.05) is 18.2 Å². The highest BCUT2D eigenvalue weighted by Gasteiger charge is 2.15. The lowest BCUT2D eigenvalue weighted by atomic mass is 10.0. The fourth-order valence-electron chi connectivity index (χ4n) is 2.98. The molecule has 0 aliphatic heterocycles. The molecule has 0 saturated heterocycles. The minimum atomic E-state index is 0.904. The van der Waals surface area contributed by atoms with Gasteiger partial charge in [0.05, 0.1) is 0 Å². The van der Waals surface area contributed by atoms with Gasteiger partial charge in [-0.1, -0.05) is 36.4 Å². The van der Waals surface area contributed by atoms with Gasteiger partial charge in [0.15, 0.2) is 6.20 Å². The molecule has 2 heteroatoms. The highest BCUT2D eigenvalue weighted by Crippen LogP contribution is 2.29. The number of rotatable bonds is 2. The van der Waals surface area contributed by atoms with Gasteiger partial charge in [0.25, 0.3) is 0 Å². The molecule has 2 heterocycles. The number of hydrogen-bond donors (Lipinski definition) is 0. The maximum atomic E-state index is 6.01. The molecule has 0 unspecified atom stereocenters. The molecule has 2 nitrogen and oxygen atoms in total. The van der Waals surface area contributed by atoms with E-state index in [0.29, 0.717) is 0 Å². The second kappa shape index (κ2) is 5.40. The van der Waals surface area contributed by atoms with E-state index in [1.165, 1.54) is 16.8 Å². The number of pyridine rings is 1. The molecule has 2 aromatic heterocycles. The Kier molecular flexibility index (Phi) is 3.23. The van der Waals surface area contributed by atoms with E-state index in [2.05, 4.69) is 73.3 Å². The van der Waals surface area contributed by atoms with E-state index in [4.69, 9.17) is 4.42 Å². The molecule has 112 valence electrons. The number of hydrogen-bond acceptors (Lipinski definition) is 1. The Morgan fingerprint density at radius 3 is 2.48 bits per heavy atom. The van der Waals surface area contributed by atoms with Gasteiger partial charge in [0, 0.05) is 28.6 Å². The van der Waals surface area contributed by atoms with E-state index >= 15 is 0 Å². The second-order valence-electron chi connectivity index (χ2n) is 5.87. The zero-order valence-corrected chi connectivity index (χ0v) is 13.3. The van der Waals surface area contributed by atoms with Crippen LogP contribution >= 0.6 is 0 Å². The van der Waals surface area contributed by atoms with Gasteiger partial charge in [-0.25, -0.2) is 4.57 Å². The molecule has 0 radical (unpaired) electrons. The van der Waals surface area contributed by atoms with Gasteiger partial charge in [-0.3, -0.25) is 0 Å². The molecule has 0 aliphatic carbocycles. The average Bonchev–Trinajstić information content (AvgIpc) is 3.00.